The second-order valence-corrected chi connectivity index (χ2v) is 7.63. The Labute approximate surface area is 175 Å². The predicted molar refractivity (Wildman–Crippen MR) is 116 cm³/mol. The van der Waals surface area contributed by atoms with Crippen LogP contribution in [0, 0.1) is 13.8 Å². The molecule has 1 amide bonds. The van der Waals surface area contributed by atoms with E-state index < -0.39 is 6.04 Å². The van der Waals surface area contributed by atoms with Gasteiger partial charge in [0.05, 0.1) is 28.6 Å². The lowest BCUT2D eigenvalue weighted by atomic mass is 10.2. The van der Waals surface area contributed by atoms with E-state index in [1.807, 2.05) is 51.1 Å². The minimum absolute atomic E-state index is 0.164. The molecule has 3 aromatic rings. The van der Waals surface area contributed by atoms with E-state index in [1.54, 1.807) is 18.5 Å². The zero-order valence-electron chi connectivity index (χ0n) is 18.2. The molecule has 0 radical (unpaired) electrons. The second kappa shape index (κ2) is 9.21. The Morgan fingerprint density at radius 1 is 1.13 bits per heavy atom. The number of nitrogens with one attached hydrogen (secondary N) is 1. The summed E-state index contributed by atoms with van der Waals surface area (Å²) in [7, 11) is 0. The monoisotopic (exact) mass is 411 g/mol. The van der Waals surface area contributed by atoms with Crippen LogP contribution in [0.2, 0.25) is 0 Å². The average molecular weight is 412 g/mol. The summed E-state index contributed by atoms with van der Waals surface area (Å²) >= 11 is 0. The van der Waals surface area contributed by atoms with Crippen LogP contribution in [-0.4, -0.2) is 44.7 Å². The van der Waals surface area contributed by atoms with Crippen molar-refractivity contribution in [2.75, 3.05) is 13.2 Å². The summed E-state index contributed by atoms with van der Waals surface area (Å²) in [6, 6.07) is 8.90. The van der Waals surface area contributed by atoms with Crippen molar-refractivity contribution in [2.45, 2.75) is 53.2 Å². The number of rotatable bonds is 8. The maximum Gasteiger partial charge on any atom is 0.278 e. The van der Waals surface area contributed by atoms with Crippen LogP contribution in [0.4, 0.5) is 0 Å². The van der Waals surface area contributed by atoms with Gasteiger partial charge in [0.1, 0.15) is 11.6 Å². The van der Waals surface area contributed by atoms with Crippen LogP contribution in [0.5, 0.6) is 0 Å². The maximum atomic E-state index is 13.2. The molecule has 0 spiro atoms. The summed E-state index contributed by atoms with van der Waals surface area (Å²) in [5.74, 6) is -0.249. The number of ether oxygens (including phenoxy) is 1. The number of aromatic nitrogens is 4. The molecule has 1 atom stereocenters. The first kappa shape index (κ1) is 21.7. The Kier molecular flexibility index (Phi) is 6.66. The van der Waals surface area contributed by atoms with Crippen LogP contribution >= 0.6 is 0 Å². The van der Waals surface area contributed by atoms with Crippen LogP contribution in [0.3, 0.4) is 0 Å². The van der Waals surface area contributed by atoms with E-state index in [2.05, 4.69) is 15.5 Å². The fourth-order valence-corrected chi connectivity index (χ4v) is 3.33. The molecule has 0 saturated carbocycles. The van der Waals surface area contributed by atoms with Crippen molar-refractivity contribution in [3.8, 4) is 5.69 Å². The quantitative estimate of drug-likeness (QED) is 0.576. The molecule has 2 heterocycles. The number of nitrogens with zero attached hydrogens (tertiary/aromatic N) is 4. The molecule has 1 aromatic carbocycles. The highest BCUT2D eigenvalue weighted by Gasteiger charge is 2.23. The summed E-state index contributed by atoms with van der Waals surface area (Å²) in [6.45, 7) is 10.3. The Morgan fingerprint density at radius 3 is 2.50 bits per heavy atom. The highest BCUT2D eigenvalue weighted by molar-refractivity contribution is 5.84. The van der Waals surface area contributed by atoms with Gasteiger partial charge in [-0.2, -0.15) is 10.2 Å². The summed E-state index contributed by atoms with van der Waals surface area (Å²) in [6.07, 6.45) is 0.872. The third kappa shape index (κ3) is 4.43. The lowest BCUT2D eigenvalue weighted by Crippen LogP contribution is -2.38. The average Bonchev–Trinajstić information content (AvgIpc) is 3.08. The van der Waals surface area contributed by atoms with Crippen LogP contribution in [0.15, 0.2) is 35.1 Å². The summed E-state index contributed by atoms with van der Waals surface area (Å²) in [4.78, 5) is 25.8. The van der Waals surface area contributed by atoms with Gasteiger partial charge in [-0.3, -0.25) is 9.59 Å². The first-order valence-corrected chi connectivity index (χ1v) is 10.2. The van der Waals surface area contributed by atoms with Gasteiger partial charge >= 0.3 is 0 Å². The van der Waals surface area contributed by atoms with Crippen LogP contribution in [0.1, 0.15) is 44.6 Å². The topological polar surface area (TPSA) is 91.0 Å². The molecule has 8 heteroatoms. The minimum Gasteiger partial charge on any atom is -0.379 e. The number of amides is 1. The minimum atomic E-state index is -0.730. The van der Waals surface area contributed by atoms with E-state index in [4.69, 9.17) is 4.74 Å². The van der Waals surface area contributed by atoms with Gasteiger partial charge in [-0.05, 0) is 53.2 Å². The highest BCUT2D eigenvalue weighted by Crippen LogP contribution is 2.20. The van der Waals surface area contributed by atoms with Gasteiger partial charge < -0.3 is 10.1 Å². The van der Waals surface area contributed by atoms with Gasteiger partial charge in [0, 0.05) is 13.2 Å². The standard InChI is InChI=1S/C22H29N5O3/c1-14(2)30-13-9-12-23-21(28)17(5)27-22(29)19-16(4)26(18-10-7-6-8-11-18)25-20(19)15(3)24-27/h6-8,10-11,14,17H,9,12-13H2,1-5H3,(H,23,28). The number of carbonyl (C=O) groups is 1. The molecule has 0 aliphatic heterocycles. The molecule has 8 nitrogen and oxygen atoms in total. The normalized spacial score (nSPS) is 12.5. The molecule has 160 valence electrons. The number of aryl methyl sites for hydroxylation is 2. The Balaban J connectivity index is 1.86. The lowest BCUT2D eigenvalue weighted by Gasteiger charge is -2.15. The maximum absolute atomic E-state index is 13.2. The Hall–Kier alpha value is -3.00. The predicted octanol–water partition coefficient (Wildman–Crippen LogP) is 2.69. The number of para-hydroxylation sites is 1. The Morgan fingerprint density at radius 2 is 1.83 bits per heavy atom. The second-order valence-electron chi connectivity index (χ2n) is 7.63. The van der Waals surface area contributed by atoms with Gasteiger partial charge in [0.25, 0.3) is 5.56 Å². The summed E-state index contributed by atoms with van der Waals surface area (Å²) < 4.78 is 8.47. The van der Waals surface area contributed by atoms with E-state index in [0.717, 1.165) is 11.4 Å². The molecule has 1 N–H and O–H groups in total. The molecular formula is C22H29N5O3. The molecule has 0 aliphatic rings. The molecule has 1 unspecified atom stereocenters. The molecule has 0 aliphatic carbocycles. The van der Waals surface area contributed by atoms with Crippen LogP contribution in [0.25, 0.3) is 16.6 Å². The van der Waals surface area contributed by atoms with Crippen molar-refractivity contribution in [1.29, 1.82) is 0 Å². The fraction of sp³-hybridized carbons (Fsp3) is 0.455. The van der Waals surface area contributed by atoms with Crippen molar-refractivity contribution < 1.29 is 9.53 Å². The molecule has 0 fully saturated rings. The van der Waals surface area contributed by atoms with E-state index in [9.17, 15) is 9.59 Å². The Bertz CT molecular complexity index is 1090. The van der Waals surface area contributed by atoms with Gasteiger partial charge in [-0.1, -0.05) is 18.2 Å². The zero-order valence-corrected chi connectivity index (χ0v) is 18.2. The van der Waals surface area contributed by atoms with Crippen molar-refractivity contribution in [1.82, 2.24) is 24.9 Å². The summed E-state index contributed by atoms with van der Waals surface area (Å²) in [5, 5.41) is 12.3. The number of fused-ring (bicyclic) bond motifs is 1. The number of hydrogen-bond donors (Lipinski definition) is 1. The third-order valence-corrected chi connectivity index (χ3v) is 4.96. The first-order valence-electron chi connectivity index (χ1n) is 10.2. The fourth-order valence-electron chi connectivity index (χ4n) is 3.33. The molecule has 0 saturated heterocycles. The highest BCUT2D eigenvalue weighted by atomic mass is 16.5. The van der Waals surface area contributed by atoms with Gasteiger partial charge in [0.2, 0.25) is 5.91 Å². The van der Waals surface area contributed by atoms with Gasteiger partial charge in [-0.25, -0.2) is 9.36 Å². The lowest BCUT2D eigenvalue weighted by molar-refractivity contribution is -0.124. The smallest absolute Gasteiger partial charge is 0.278 e. The molecule has 3 rings (SSSR count). The van der Waals surface area contributed by atoms with E-state index in [0.29, 0.717) is 36.2 Å². The van der Waals surface area contributed by atoms with Crippen molar-refractivity contribution >= 4 is 16.8 Å². The van der Waals surface area contributed by atoms with Gasteiger partial charge in [-0.15, -0.1) is 0 Å². The molecule has 30 heavy (non-hydrogen) atoms. The van der Waals surface area contributed by atoms with Crippen molar-refractivity contribution in [2.24, 2.45) is 0 Å². The molecular weight excluding hydrogens is 382 g/mol. The van der Waals surface area contributed by atoms with E-state index in [1.165, 1.54) is 4.68 Å². The van der Waals surface area contributed by atoms with Crippen molar-refractivity contribution in [3.05, 3.63) is 52.1 Å². The SMILES string of the molecule is Cc1nn(C(C)C(=O)NCCCOC(C)C)c(=O)c2c(C)n(-c3ccccc3)nc12. The third-order valence-electron chi connectivity index (χ3n) is 4.96. The number of benzene rings is 1. The van der Waals surface area contributed by atoms with Gasteiger partial charge in [0.15, 0.2) is 0 Å². The van der Waals surface area contributed by atoms with Crippen LogP contribution in [-0.2, 0) is 9.53 Å². The zero-order chi connectivity index (χ0) is 21.8. The number of carbonyl (C=O) groups excluding carboxylic acids is 1. The molecule has 0 bridgehead atoms. The summed E-state index contributed by atoms with van der Waals surface area (Å²) in [5.41, 5.74) is 2.43. The largest absolute Gasteiger partial charge is 0.379 e. The first-order chi connectivity index (χ1) is 14.3. The molecule has 2 aromatic heterocycles. The number of hydrogen-bond acceptors (Lipinski definition) is 5. The van der Waals surface area contributed by atoms with Crippen LogP contribution < -0.4 is 10.9 Å². The van der Waals surface area contributed by atoms with Crippen molar-refractivity contribution in [3.63, 3.8) is 0 Å². The van der Waals surface area contributed by atoms with E-state index >= 15 is 0 Å². The van der Waals surface area contributed by atoms with E-state index in [-0.39, 0.29) is 17.6 Å².